The van der Waals surface area contributed by atoms with E-state index >= 15 is 0 Å². The highest BCUT2D eigenvalue weighted by atomic mass is 32.1. The fourth-order valence-corrected chi connectivity index (χ4v) is 7.32. The zero-order valence-electron chi connectivity index (χ0n) is 20.7. The number of aromatic nitrogens is 3. The first kappa shape index (κ1) is 21.1. The van der Waals surface area contributed by atoms with Gasteiger partial charge < -0.3 is 4.42 Å². The fourth-order valence-electron chi connectivity index (χ4n) is 6.12. The van der Waals surface area contributed by atoms with Crippen molar-refractivity contribution in [1.82, 2.24) is 15.0 Å². The summed E-state index contributed by atoms with van der Waals surface area (Å²) in [6.45, 7) is 0. The maximum Gasteiger partial charge on any atom is 0.135 e. The van der Waals surface area contributed by atoms with Gasteiger partial charge in [0.15, 0.2) is 0 Å². The maximum absolute atomic E-state index is 6.27. The quantitative estimate of drug-likeness (QED) is 0.229. The summed E-state index contributed by atoms with van der Waals surface area (Å²) >= 11 is 1.82. The molecule has 0 aliphatic heterocycles. The third-order valence-electron chi connectivity index (χ3n) is 7.94. The van der Waals surface area contributed by atoms with Gasteiger partial charge >= 0.3 is 0 Å². The summed E-state index contributed by atoms with van der Waals surface area (Å²) in [6, 6.07) is 30.1. The van der Waals surface area contributed by atoms with E-state index in [-0.39, 0.29) is 0 Å². The van der Waals surface area contributed by atoms with E-state index in [1.807, 2.05) is 23.7 Å². The largest absolute Gasteiger partial charge is 0.456 e. The van der Waals surface area contributed by atoms with E-state index in [2.05, 4.69) is 94.9 Å². The molecule has 4 aromatic heterocycles. The molecule has 4 nitrogen and oxygen atoms in total. The molecule has 4 heterocycles. The van der Waals surface area contributed by atoms with Gasteiger partial charge in [-0.05, 0) is 53.1 Å². The summed E-state index contributed by atoms with van der Waals surface area (Å²) in [6.07, 6.45) is 6.37. The number of pyridine rings is 1. The Hall–Kier alpha value is -4.87. The molecule has 0 fully saturated rings. The molecular formula is C34H19N3OS. The van der Waals surface area contributed by atoms with Crippen molar-refractivity contribution >= 4 is 53.4 Å². The van der Waals surface area contributed by atoms with Crippen molar-refractivity contribution in [2.24, 2.45) is 0 Å². The first-order chi connectivity index (χ1) is 19.3. The number of rotatable bonds is 2. The van der Waals surface area contributed by atoms with Crippen molar-refractivity contribution in [3.8, 4) is 33.6 Å². The van der Waals surface area contributed by atoms with Gasteiger partial charge in [-0.15, -0.1) is 11.3 Å². The lowest BCUT2D eigenvalue weighted by atomic mass is 9.99. The van der Waals surface area contributed by atoms with Crippen molar-refractivity contribution in [3.63, 3.8) is 0 Å². The van der Waals surface area contributed by atoms with E-state index < -0.39 is 0 Å². The minimum Gasteiger partial charge on any atom is -0.456 e. The second-order valence-electron chi connectivity index (χ2n) is 10.1. The van der Waals surface area contributed by atoms with Gasteiger partial charge in [-0.25, -0.2) is 9.97 Å². The van der Waals surface area contributed by atoms with E-state index in [4.69, 9.17) is 9.40 Å². The van der Waals surface area contributed by atoms with Crippen LogP contribution in [-0.4, -0.2) is 15.0 Å². The van der Waals surface area contributed by atoms with Crippen LogP contribution in [0.5, 0.6) is 0 Å². The molecule has 4 aromatic carbocycles. The summed E-state index contributed by atoms with van der Waals surface area (Å²) in [7, 11) is 0. The summed E-state index contributed by atoms with van der Waals surface area (Å²) < 4.78 is 8.81. The molecule has 5 heteroatoms. The van der Waals surface area contributed by atoms with Gasteiger partial charge in [0.1, 0.15) is 17.5 Å². The van der Waals surface area contributed by atoms with Crippen LogP contribution in [0.3, 0.4) is 0 Å². The van der Waals surface area contributed by atoms with Crippen LogP contribution >= 0.6 is 11.3 Å². The van der Waals surface area contributed by atoms with E-state index in [0.717, 1.165) is 45.3 Å². The lowest BCUT2D eigenvalue weighted by Gasteiger charge is -2.07. The molecule has 8 aromatic rings. The fraction of sp³-hybridized carbons (Fsp3) is 0.0294. The molecule has 39 heavy (non-hydrogen) atoms. The molecule has 0 radical (unpaired) electrons. The molecule has 0 atom stereocenters. The van der Waals surface area contributed by atoms with Gasteiger partial charge in [-0.3, -0.25) is 4.98 Å². The highest BCUT2D eigenvalue weighted by Gasteiger charge is 2.24. The Kier molecular flexibility index (Phi) is 4.23. The number of nitrogens with zero attached hydrogens (tertiary/aromatic N) is 3. The normalized spacial score (nSPS) is 12.5. The minimum absolute atomic E-state index is 0.852. The summed E-state index contributed by atoms with van der Waals surface area (Å²) in [5.74, 6) is 0. The van der Waals surface area contributed by atoms with Crippen LogP contribution in [0.2, 0.25) is 0 Å². The molecule has 0 bridgehead atoms. The van der Waals surface area contributed by atoms with E-state index in [0.29, 0.717) is 0 Å². The molecule has 0 saturated heterocycles. The van der Waals surface area contributed by atoms with Gasteiger partial charge in [0.05, 0.1) is 11.4 Å². The molecule has 0 amide bonds. The molecule has 1 aliphatic carbocycles. The number of furan rings is 1. The van der Waals surface area contributed by atoms with Crippen molar-refractivity contribution in [2.45, 2.75) is 6.42 Å². The molecule has 0 spiro atoms. The Morgan fingerprint density at radius 3 is 2.38 bits per heavy atom. The highest BCUT2D eigenvalue weighted by molar-refractivity contribution is 7.26. The lowest BCUT2D eigenvalue weighted by Crippen LogP contribution is -1.94. The summed E-state index contributed by atoms with van der Waals surface area (Å²) in [5, 5.41) is 4.66. The van der Waals surface area contributed by atoms with Crippen LogP contribution in [0, 0.1) is 0 Å². The average Bonchev–Trinajstić information content (AvgIpc) is 3.67. The minimum atomic E-state index is 0.852. The molecule has 0 saturated carbocycles. The predicted molar refractivity (Wildman–Crippen MR) is 159 cm³/mol. The van der Waals surface area contributed by atoms with Crippen LogP contribution in [0.15, 0.2) is 108 Å². The zero-order valence-corrected chi connectivity index (χ0v) is 21.5. The highest BCUT2D eigenvalue weighted by Crippen LogP contribution is 2.43. The molecule has 1 aliphatic rings. The Labute approximate surface area is 227 Å². The Bertz CT molecular complexity index is 2280. The lowest BCUT2D eigenvalue weighted by molar-refractivity contribution is 0.669. The predicted octanol–water partition coefficient (Wildman–Crippen LogP) is 9.04. The standard InChI is InChI=1S/C34H19N3OS/c1-2-5-22-19(4-1)15-27-32(36-18-37-33(22)27)21-9-11-30-26(16-21)25-14-20(8-10-29(25)38-30)23-6-3-7-24-28-17-35-13-12-31(28)39-34(23)24/h1-14,16-18H,15H2. The molecule has 0 N–H and O–H groups in total. The summed E-state index contributed by atoms with van der Waals surface area (Å²) in [5.41, 5.74) is 11.0. The first-order valence-electron chi connectivity index (χ1n) is 13.0. The van der Waals surface area contributed by atoms with E-state index in [9.17, 15) is 0 Å². The number of fused-ring (bicyclic) bond motifs is 9. The maximum atomic E-state index is 6.27. The molecule has 182 valence electrons. The van der Waals surface area contributed by atoms with Gasteiger partial charge in [-0.1, -0.05) is 48.5 Å². The van der Waals surface area contributed by atoms with Crippen LogP contribution in [0.25, 0.3) is 75.8 Å². The number of thiophene rings is 1. The van der Waals surface area contributed by atoms with Crippen molar-refractivity contribution in [1.29, 1.82) is 0 Å². The number of benzene rings is 4. The van der Waals surface area contributed by atoms with E-state index in [1.165, 1.54) is 48.0 Å². The zero-order chi connectivity index (χ0) is 25.5. The summed E-state index contributed by atoms with van der Waals surface area (Å²) in [4.78, 5) is 13.7. The van der Waals surface area contributed by atoms with E-state index in [1.54, 1.807) is 6.33 Å². The van der Waals surface area contributed by atoms with Gasteiger partial charge in [0.2, 0.25) is 0 Å². The third kappa shape index (κ3) is 3.02. The van der Waals surface area contributed by atoms with Gasteiger partial charge in [-0.2, -0.15) is 0 Å². The van der Waals surface area contributed by atoms with Crippen LogP contribution < -0.4 is 0 Å². The third-order valence-corrected chi connectivity index (χ3v) is 9.16. The van der Waals surface area contributed by atoms with Crippen LogP contribution in [-0.2, 0) is 6.42 Å². The second-order valence-corrected chi connectivity index (χ2v) is 11.1. The number of hydrogen-bond donors (Lipinski definition) is 0. The second kappa shape index (κ2) is 7.82. The van der Waals surface area contributed by atoms with Crippen molar-refractivity contribution in [2.75, 3.05) is 0 Å². The first-order valence-corrected chi connectivity index (χ1v) is 13.8. The van der Waals surface area contributed by atoms with Crippen molar-refractivity contribution in [3.05, 3.63) is 115 Å². The Balaban J connectivity index is 1.23. The molecule has 9 rings (SSSR count). The van der Waals surface area contributed by atoms with Crippen LogP contribution in [0.1, 0.15) is 11.1 Å². The Morgan fingerprint density at radius 2 is 1.46 bits per heavy atom. The van der Waals surface area contributed by atoms with Gasteiger partial charge in [0.25, 0.3) is 0 Å². The topological polar surface area (TPSA) is 51.8 Å². The SMILES string of the molecule is c1ccc2c(c1)Cc1c(-c3ccc4oc5ccc(-c6cccc7c6sc6ccncc67)cc5c4c3)ncnc1-2. The monoisotopic (exact) mass is 517 g/mol. The van der Waals surface area contributed by atoms with Crippen LogP contribution in [0.4, 0.5) is 0 Å². The smallest absolute Gasteiger partial charge is 0.135 e. The molecule has 0 unspecified atom stereocenters. The molecular weight excluding hydrogens is 498 g/mol. The Morgan fingerprint density at radius 1 is 0.667 bits per heavy atom. The number of hydrogen-bond acceptors (Lipinski definition) is 5. The van der Waals surface area contributed by atoms with Crippen molar-refractivity contribution < 1.29 is 4.42 Å². The van der Waals surface area contributed by atoms with Gasteiger partial charge in [0, 0.05) is 66.4 Å². The average molecular weight is 518 g/mol.